The molecule has 0 aromatic carbocycles. The number of hydrogen-bond donors (Lipinski definition) is 9. The third-order valence-electron chi connectivity index (χ3n) is 17.6. The molecule has 6 fully saturated rings. The Morgan fingerprint density at radius 3 is 2.02 bits per heavy atom. The lowest BCUT2D eigenvalue weighted by atomic mass is 9.33. The van der Waals surface area contributed by atoms with Gasteiger partial charge in [-0.1, -0.05) is 53.2 Å². The fraction of sp³-hybridized carbons (Fsp3) is 0.905. The van der Waals surface area contributed by atoms with Crippen LogP contribution in [0.5, 0.6) is 0 Å². The summed E-state index contributed by atoms with van der Waals surface area (Å²) in [6.45, 7) is 11.1. The van der Waals surface area contributed by atoms with Crippen molar-refractivity contribution in [2.75, 3.05) is 13.2 Å². The van der Waals surface area contributed by atoms with Crippen LogP contribution >= 0.6 is 0 Å². The van der Waals surface area contributed by atoms with Crippen LogP contribution in [0.25, 0.3) is 0 Å². The van der Waals surface area contributed by atoms with Crippen molar-refractivity contribution in [3.63, 3.8) is 0 Å². The van der Waals surface area contributed by atoms with Gasteiger partial charge in [-0.3, -0.25) is 14.1 Å². The topological polar surface area (TPSA) is 296 Å². The van der Waals surface area contributed by atoms with Crippen LogP contribution in [0, 0.1) is 56.7 Å². The maximum absolute atomic E-state index is 14.7. The van der Waals surface area contributed by atoms with Gasteiger partial charge in [0.15, 0.2) is 12.4 Å². The summed E-state index contributed by atoms with van der Waals surface area (Å²) in [5.41, 5.74) is -3.68. The molecule has 0 amide bonds. The maximum Gasteiger partial charge on any atom is 0.397 e. The lowest BCUT2D eigenvalue weighted by molar-refractivity contribution is -0.325. The fourth-order valence-electron chi connectivity index (χ4n) is 14.2. The van der Waals surface area contributed by atoms with E-state index in [2.05, 4.69) is 26.8 Å². The molecule has 0 spiro atoms. The van der Waals surface area contributed by atoms with E-state index < -0.39 is 136 Å². The summed E-state index contributed by atoms with van der Waals surface area (Å²) >= 11 is 0. The van der Waals surface area contributed by atoms with E-state index in [1.807, 2.05) is 20.8 Å². The average molecular weight is 891 g/mol. The first-order valence-electron chi connectivity index (χ1n) is 21.8. The Morgan fingerprint density at radius 1 is 0.787 bits per heavy atom. The third-order valence-corrected chi connectivity index (χ3v) is 18.0. The summed E-state index contributed by atoms with van der Waals surface area (Å²) < 4.78 is 61.6. The Kier molecular flexibility index (Phi) is 12.5. The number of hydrogen-bond acceptors (Lipinski definition) is 16. The van der Waals surface area contributed by atoms with Gasteiger partial charge in [0.1, 0.15) is 42.7 Å². The standard InChI is InChI=1S/C42H66O18S/c1-19-9-14-41(37(52)59-34-32(49)30(47)28(45)22(17-43)56-34)15-16-42(36(50)51)21(27(41)20(19)2)7-8-25-39(5)12-11-26(38(3,4)24(39)10-13-40(25,42)6)58-35-33(60-61(53,54)55)31(48)29(46)23(18-44)57-35/h7,19-20,22-35,43-49H,8-18H2,1-6H3,(H,50,51)(H,53,54,55)/t19-,20+,22-,23-,24+,25-,26+,27+,28-,29-,30+,31+,32-,33-,34+,35+,39+,40-,41+,42-/m1/s1. The SMILES string of the molecule is C[C@H]1[C@H](C)CC[C@]2(C(=O)O[C@@H]3O[C@H](CO)[C@@H](O)[C@H](O)[C@H]3O)CC[C@]3(C(=O)O)C(=CC[C@@H]4[C@@]5(C)CC[C@H](O[C@@H]6O[C@H](CO)[C@@H](O)[C@H](O)[C@H]6OS(=O)(=O)O)C(C)(C)[C@@H]5CC[C@]43C)[C@H]12. The summed E-state index contributed by atoms with van der Waals surface area (Å²) in [5.74, 6) is -2.37. The number of rotatable bonds is 9. The molecule has 2 saturated heterocycles. The number of fused-ring (bicyclic) bond motifs is 7. The van der Waals surface area contributed by atoms with E-state index in [1.54, 1.807) is 0 Å². The molecule has 0 radical (unpaired) electrons. The molecule has 4 saturated carbocycles. The zero-order chi connectivity index (χ0) is 45.0. The van der Waals surface area contributed by atoms with Gasteiger partial charge in [-0.25, -0.2) is 4.18 Å². The summed E-state index contributed by atoms with van der Waals surface area (Å²) in [5, 5.41) is 84.2. The molecule has 19 heteroatoms. The van der Waals surface area contributed by atoms with E-state index in [-0.39, 0.29) is 36.5 Å². The summed E-state index contributed by atoms with van der Waals surface area (Å²) in [6.07, 6.45) is -11.0. The zero-order valence-electron chi connectivity index (χ0n) is 35.7. The number of carbonyl (C=O) groups excluding carboxylic acids is 1. The fourth-order valence-corrected chi connectivity index (χ4v) is 14.6. The van der Waals surface area contributed by atoms with E-state index in [9.17, 15) is 63.4 Å². The molecule has 2 heterocycles. The van der Waals surface area contributed by atoms with E-state index in [4.69, 9.17) is 23.1 Å². The average Bonchev–Trinajstić information content (AvgIpc) is 3.19. The molecule has 348 valence electrons. The molecule has 9 N–H and O–H groups in total. The van der Waals surface area contributed by atoms with Crippen molar-refractivity contribution in [1.82, 2.24) is 0 Å². The van der Waals surface area contributed by atoms with Crippen LogP contribution in [-0.4, -0.2) is 146 Å². The first kappa shape index (κ1) is 47.1. The number of aliphatic hydroxyl groups excluding tert-OH is 7. The predicted molar refractivity (Wildman–Crippen MR) is 210 cm³/mol. The predicted octanol–water partition coefficient (Wildman–Crippen LogP) is 1.06. The first-order valence-corrected chi connectivity index (χ1v) is 23.1. The van der Waals surface area contributed by atoms with Gasteiger partial charge < -0.3 is 59.8 Å². The molecule has 0 bridgehead atoms. The molecule has 0 unspecified atom stereocenters. The number of esters is 1. The Morgan fingerprint density at radius 2 is 1.41 bits per heavy atom. The highest BCUT2D eigenvalue weighted by atomic mass is 32.3. The molecular weight excluding hydrogens is 825 g/mol. The highest BCUT2D eigenvalue weighted by Crippen LogP contribution is 2.76. The second kappa shape index (κ2) is 16.2. The Balaban J connectivity index is 1.20. The molecule has 18 nitrogen and oxygen atoms in total. The van der Waals surface area contributed by atoms with Crippen LogP contribution in [0.1, 0.15) is 99.3 Å². The summed E-state index contributed by atoms with van der Waals surface area (Å²) in [7, 11) is -5.13. The number of allylic oxidation sites excluding steroid dienone is 1. The summed E-state index contributed by atoms with van der Waals surface area (Å²) in [6, 6.07) is 0. The van der Waals surface area contributed by atoms with E-state index in [0.717, 1.165) is 0 Å². The molecule has 0 aromatic rings. The minimum atomic E-state index is -5.13. The molecule has 20 atom stereocenters. The smallest absolute Gasteiger partial charge is 0.397 e. The second-order valence-electron chi connectivity index (χ2n) is 20.5. The molecule has 61 heavy (non-hydrogen) atoms. The monoisotopic (exact) mass is 890 g/mol. The van der Waals surface area contributed by atoms with Crippen molar-refractivity contribution in [2.24, 2.45) is 56.7 Å². The largest absolute Gasteiger partial charge is 0.481 e. The van der Waals surface area contributed by atoms with Crippen LogP contribution in [-0.2, 0) is 43.1 Å². The van der Waals surface area contributed by atoms with Crippen molar-refractivity contribution in [2.45, 2.75) is 167 Å². The zero-order valence-corrected chi connectivity index (χ0v) is 36.5. The van der Waals surface area contributed by atoms with Crippen molar-refractivity contribution in [3.8, 4) is 0 Å². The van der Waals surface area contributed by atoms with Gasteiger partial charge in [0.05, 0.1) is 30.1 Å². The van der Waals surface area contributed by atoms with E-state index in [0.29, 0.717) is 50.5 Å². The molecule has 2 aliphatic heterocycles. The van der Waals surface area contributed by atoms with Gasteiger partial charge in [-0.2, -0.15) is 8.42 Å². The Hall–Kier alpha value is -1.85. The quantitative estimate of drug-likeness (QED) is 0.0677. The number of carbonyl (C=O) groups is 2. The number of aliphatic carboxylic acids is 1. The van der Waals surface area contributed by atoms with Crippen LogP contribution in [0.4, 0.5) is 0 Å². The van der Waals surface area contributed by atoms with E-state index in [1.165, 1.54) is 0 Å². The number of carboxylic acid groups (broad SMARTS) is 1. The van der Waals surface area contributed by atoms with Crippen molar-refractivity contribution in [3.05, 3.63) is 11.6 Å². The number of ether oxygens (including phenoxy) is 4. The van der Waals surface area contributed by atoms with Crippen molar-refractivity contribution >= 4 is 22.3 Å². The molecule has 0 aromatic heterocycles. The number of carboxylic acids is 1. The lowest BCUT2D eigenvalue weighted by Gasteiger charge is -2.70. The van der Waals surface area contributed by atoms with Crippen LogP contribution in [0.15, 0.2) is 11.6 Å². The normalized spacial score (nSPS) is 50.8. The van der Waals surface area contributed by atoms with Gasteiger partial charge in [-0.15, -0.1) is 0 Å². The van der Waals surface area contributed by atoms with Gasteiger partial charge in [-0.05, 0) is 104 Å². The number of aliphatic hydroxyl groups is 7. The molecule has 5 aliphatic carbocycles. The van der Waals surface area contributed by atoms with Gasteiger partial charge in [0.2, 0.25) is 6.29 Å². The molecular formula is C42H66O18S. The van der Waals surface area contributed by atoms with Crippen LogP contribution < -0.4 is 0 Å². The molecule has 7 rings (SSSR count). The van der Waals surface area contributed by atoms with Crippen LogP contribution in [0.2, 0.25) is 0 Å². The molecule has 7 aliphatic rings. The van der Waals surface area contributed by atoms with Gasteiger partial charge in [0, 0.05) is 0 Å². The van der Waals surface area contributed by atoms with E-state index >= 15 is 0 Å². The Bertz CT molecular complexity index is 1820. The highest BCUT2D eigenvalue weighted by molar-refractivity contribution is 7.80. The summed E-state index contributed by atoms with van der Waals surface area (Å²) in [4.78, 5) is 28.9. The Labute approximate surface area is 356 Å². The van der Waals surface area contributed by atoms with Crippen molar-refractivity contribution in [1.29, 1.82) is 0 Å². The lowest BCUT2D eigenvalue weighted by Crippen LogP contribution is -2.68. The minimum Gasteiger partial charge on any atom is -0.481 e. The third kappa shape index (κ3) is 7.15. The minimum absolute atomic E-state index is 0.0591. The maximum atomic E-state index is 14.7. The van der Waals surface area contributed by atoms with Crippen molar-refractivity contribution < 1.29 is 86.5 Å². The first-order chi connectivity index (χ1) is 28.4. The van der Waals surface area contributed by atoms with Crippen LogP contribution in [0.3, 0.4) is 0 Å². The van der Waals surface area contributed by atoms with Gasteiger partial charge >= 0.3 is 22.3 Å². The van der Waals surface area contributed by atoms with Gasteiger partial charge in [0.25, 0.3) is 0 Å². The second-order valence-corrected chi connectivity index (χ2v) is 21.5. The highest BCUT2D eigenvalue weighted by Gasteiger charge is 2.74.